The summed E-state index contributed by atoms with van der Waals surface area (Å²) in [4.78, 5) is 14.7. The topological polar surface area (TPSA) is 58.4 Å². The molecule has 5 heteroatoms. The molecular weight excluding hydrogens is 310 g/mol. The number of halogens is 1. The number of para-hydroxylation sites is 1. The van der Waals surface area contributed by atoms with Crippen LogP contribution in [0.2, 0.25) is 0 Å². The molecule has 1 amide bonds. The predicted molar refractivity (Wildman–Crippen MR) is 99.2 cm³/mol. The normalized spacial score (nSPS) is 21.6. The van der Waals surface area contributed by atoms with Gasteiger partial charge in [-0.2, -0.15) is 0 Å². The SMILES string of the molecule is CCc1cccc(C)c1NC(=O)CN1CCCC(C)C1CN.Cl. The number of piperidine rings is 1. The Morgan fingerprint density at radius 1 is 1.43 bits per heavy atom. The molecule has 1 aliphatic heterocycles. The van der Waals surface area contributed by atoms with E-state index in [-0.39, 0.29) is 18.3 Å². The Bertz CT molecular complexity index is 521. The van der Waals surface area contributed by atoms with E-state index < -0.39 is 0 Å². The van der Waals surface area contributed by atoms with Gasteiger partial charge in [-0.15, -0.1) is 12.4 Å². The van der Waals surface area contributed by atoms with Crippen LogP contribution in [0, 0.1) is 12.8 Å². The monoisotopic (exact) mass is 339 g/mol. The molecule has 1 aromatic rings. The molecule has 0 aliphatic carbocycles. The smallest absolute Gasteiger partial charge is 0.238 e. The van der Waals surface area contributed by atoms with Crippen molar-refractivity contribution < 1.29 is 4.79 Å². The van der Waals surface area contributed by atoms with Crippen molar-refractivity contribution in [2.24, 2.45) is 11.7 Å². The van der Waals surface area contributed by atoms with Gasteiger partial charge in [0.15, 0.2) is 0 Å². The molecule has 1 saturated heterocycles. The van der Waals surface area contributed by atoms with E-state index in [4.69, 9.17) is 5.73 Å². The lowest BCUT2D eigenvalue weighted by molar-refractivity contribution is -0.118. The van der Waals surface area contributed by atoms with E-state index in [9.17, 15) is 4.79 Å². The quantitative estimate of drug-likeness (QED) is 0.867. The zero-order valence-corrected chi connectivity index (χ0v) is 15.3. The highest BCUT2D eigenvalue weighted by atomic mass is 35.5. The summed E-state index contributed by atoms with van der Waals surface area (Å²) in [5, 5.41) is 3.12. The molecule has 23 heavy (non-hydrogen) atoms. The van der Waals surface area contributed by atoms with Gasteiger partial charge < -0.3 is 11.1 Å². The largest absolute Gasteiger partial charge is 0.329 e. The van der Waals surface area contributed by atoms with Crippen LogP contribution in [0.3, 0.4) is 0 Å². The summed E-state index contributed by atoms with van der Waals surface area (Å²) in [7, 11) is 0. The molecule has 2 atom stereocenters. The van der Waals surface area contributed by atoms with Gasteiger partial charge in [0.05, 0.1) is 6.54 Å². The number of hydrogen-bond acceptors (Lipinski definition) is 3. The number of carbonyl (C=O) groups excluding carboxylic acids is 1. The molecule has 2 unspecified atom stereocenters. The van der Waals surface area contributed by atoms with Crippen molar-refractivity contribution in [3.05, 3.63) is 29.3 Å². The van der Waals surface area contributed by atoms with E-state index in [0.29, 0.717) is 25.0 Å². The first kappa shape index (κ1) is 19.9. The van der Waals surface area contributed by atoms with Gasteiger partial charge in [0.1, 0.15) is 0 Å². The van der Waals surface area contributed by atoms with Crippen LogP contribution in [0.4, 0.5) is 5.69 Å². The average Bonchev–Trinajstić information content (AvgIpc) is 2.49. The second kappa shape index (κ2) is 9.26. The fourth-order valence-electron chi connectivity index (χ4n) is 3.48. The number of nitrogens with two attached hydrogens (primary N) is 1. The van der Waals surface area contributed by atoms with Gasteiger partial charge in [0.2, 0.25) is 5.91 Å². The molecule has 1 fully saturated rings. The number of hydrogen-bond donors (Lipinski definition) is 2. The maximum atomic E-state index is 12.5. The predicted octanol–water partition coefficient (Wildman–Crippen LogP) is 2.98. The fourth-order valence-corrected chi connectivity index (χ4v) is 3.48. The van der Waals surface area contributed by atoms with Crippen molar-refractivity contribution >= 4 is 24.0 Å². The Kier molecular flexibility index (Phi) is 8.03. The van der Waals surface area contributed by atoms with Gasteiger partial charge in [0, 0.05) is 18.3 Å². The summed E-state index contributed by atoms with van der Waals surface area (Å²) in [6.07, 6.45) is 3.27. The highest BCUT2D eigenvalue weighted by Crippen LogP contribution is 2.24. The fraction of sp³-hybridized carbons (Fsp3) is 0.611. The molecule has 0 bridgehead atoms. The lowest BCUT2D eigenvalue weighted by Gasteiger charge is -2.39. The number of nitrogens with zero attached hydrogens (tertiary/aromatic N) is 1. The first-order chi connectivity index (χ1) is 10.6. The van der Waals surface area contributed by atoms with E-state index in [1.54, 1.807) is 0 Å². The molecular formula is C18H30ClN3O. The number of amides is 1. The Hall–Kier alpha value is -1.10. The van der Waals surface area contributed by atoms with E-state index >= 15 is 0 Å². The van der Waals surface area contributed by atoms with Crippen LogP contribution < -0.4 is 11.1 Å². The molecule has 2 rings (SSSR count). The van der Waals surface area contributed by atoms with Crippen LogP contribution in [-0.4, -0.2) is 36.5 Å². The van der Waals surface area contributed by atoms with Crippen LogP contribution in [0.25, 0.3) is 0 Å². The minimum Gasteiger partial charge on any atom is -0.329 e. The second-order valence-electron chi connectivity index (χ2n) is 6.40. The van der Waals surface area contributed by atoms with Gasteiger partial charge in [0.25, 0.3) is 0 Å². The summed E-state index contributed by atoms with van der Waals surface area (Å²) >= 11 is 0. The minimum atomic E-state index is 0. The molecule has 130 valence electrons. The molecule has 0 radical (unpaired) electrons. The number of carbonyl (C=O) groups is 1. The zero-order valence-electron chi connectivity index (χ0n) is 14.5. The first-order valence-electron chi connectivity index (χ1n) is 8.39. The van der Waals surface area contributed by atoms with Gasteiger partial charge in [-0.3, -0.25) is 9.69 Å². The van der Waals surface area contributed by atoms with E-state index in [1.807, 2.05) is 19.1 Å². The highest BCUT2D eigenvalue weighted by Gasteiger charge is 2.28. The Labute approximate surface area is 146 Å². The Morgan fingerprint density at radius 3 is 2.83 bits per heavy atom. The molecule has 0 saturated carbocycles. The molecule has 4 nitrogen and oxygen atoms in total. The van der Waals surface area contributed by atoms with Crippen LogP contribution in [-0.2, 0) is 11.2 Å². The van der Waals surface area contributed by atoms with E-state index in [0.717, 1.165) is 30.6 Å². The van der Waals surface area contributed by atoms with Gasteiger partial charge in [-0.1, -0.05) is 32.0 Å². The number of aryl methyl sites for hydroxylation is 2. The standard InChI is InChI=1S/C18H29N3O.ClH/c1-4-15-9-5-7-14(3)18(15)20-17(22)12-21-10-6-8-13(2)16(21)11-19;/h5,7,9,13,16H,4,6,8,10-12,19H2,1-3H3,(H,20,22);1H. The second-order valence-corrected chi connectivity index (χ2v) is 6.40. The Balaban J connectivity index is 0.00000264. The third-order valence-electron chi connectivity index (χ3n) is 4.82. The van der Waals surface area contributed by atoms with Crippen LogP contribution in [0.1, 0.15) is 37.8 Å². The van der Waals surface area contributed by atoms with Crippen molar-refractivity contribution in [2.75, 3.05) is 25.0 Å². The van der Waals surface area contributed by atoms with E-state index in [2.05, 4.69) is 30.1 Å². The minimum absolute atomic E-state index is 0. The maximum absolute atomic E-state index is 12.5. The van der Waals surface area contributed by atoms with Crippen molar-refractivity contribution in [3.63, 3.8) is 0 Å². The number of likely N-dealkylation sites (tertiary alicyclic amines) is 1. The zero-order chi connectivity index (χ0) is 16.1. The summed E-state index contributed by atoms with van der Waals surface area (Å²) < 4.78 is 0. The number of nitrogens with one attached hydrogen (secondary N) is 1. The maximum Gasteiger partial charge on any atom is 0.238 e. The average molecular weight is 340 g/mol. The van der Waals surface area contributed by atoms with Gasteiger partial charge >= 0.3 is 0 Å². The summed E-state index contributed by atoms with van der Waals surface area (Å²) in [6.45, 7) is 8.41. The molecule has 1 heterocycles. The molecule has 0 aromatic heterocycles. The highest BCUT2D eigenvalue weighted by molar-refractivity contribution is 5.93. The molecule has 3 N–H and O–H groups in total. The third-order valence-corrected chi connectivity index (χ3v) is 4.82. The van der Waals surface area contributed by atoms with Crippen LogP contribution >= 0.6 is 12.4 Å². The molecule has 1 aliphatic rings. The number of rotatable bonds is 5. The first-order valence-corrected chi connectivity index (χ1v) is 8.39. The summed E-state index contributed by atoms with van der Waals surface area (Å²) in [6, 6.07) is 6.48. The lowest BCUT2D eigenvalue weighted by Crippen LogP contribution is -2.51. The summed E-state index contributed by atoms with van der Waals surface area (Å²) in [5.74, 6) is 0.632. The van der Waals surface area contributed by atoms with Gasteiger partial charge in [-0.05, 0) is 49.8 Å². The van der Waals surface area contributed by atoms with Crippen molar-refractivity contribution in [1.29, 1.82) is 0 Å². The third kappa shape index (κ3) is 4.93. The van der Waals surface area contributed by atoms with Crippen molar-refractivity contribution in [2.45, 2.75) is 46.1 Å². The van der Waals surface area contributed by atoms with Crippen LogP contribution in [0.15, 0.2) is 18.2 Å². The van der Waals surface area contributed by atoms with Crippen molar-refractivity contribution in [3.8, 4) is 0 Å². The number of benzene rings is 1. The lowest BCUT2D eigenvalue weighted by atomic mass is 9.91. The summed E-state index contributed by atoms with van der Waals surface area (Å²) in [5.41, 5.74) is 9.20. The molecule has 0 spiro atoms. The Morgan fingerprint density at radius 2 is 2.17 bits per heavy atom. The van der Waals surface area contributed by atoms with Crippen molar-refractivity contribution in [1.82, 2.24) is 4.90 Å². The van der Waals surface area contributed by atoms with Crippen LogP contribution in [0.5, 0.6) is 0 Å². The van der Waals surface area contributed by atoms with E-state index in [1.165, 1.54) is 12.0 Å². The molecule has 1 aromatic carbocycles. The van der Waals surface area contributed by atoms with Gasteiger partial charge in [-0.25, -0.2) is 0 Å². The number of anilines is 1.